The second-order valence-electron chi connectivity index (χ2n) is 5.39. The molecule has 0 aliphatic rings. The topological polar surface area (TPSA) is 12.4 Å². The van der Waals surface area contributed by atoms with Gasteiger partial charge >= 0.3 is 0 Å². The van der Waals surface area contributed by atoms with Gasteiger partial charge in [-0.3, -0.25) is 4.99 Å². The zero-order valence-corrected chi connectivity index (χ0v) is 14.6. The average molecular weight is 377 g/mol. The molecule has 1 nitrogen and oxygen atoms in total. The highest BCUT2D eigenvalue weighted by molar-refractivity contribution is 14.1. The van der Waals surface area contributed by atoms with E-state index < -0.39 is 0 Å². The second kappa shape index (κ2) is 6.08. The van der Waals surface area contributed by atoms with Crippen LogP contribution in [0, 0.1) is 13.8 Å². The van der Waals surface area contributed by atoms with E-state index in [9.17, 15) is 0 Å². The molecule has 0 heterocycles. The minimum Gasteiger partial charge on any atom is -0.299 e. The largest absolute Gasteiger partial charge is 0.299 e. The Morgan fingerprint density at radius 1 is 1.15 bits per heavy atom. The molecule has 2 heteroatoms. The molecule has 1 atom stereocenters. The molecule has 1 unspecified atom stereocenters. The first-order valence-electron chi connectivity index (χ1n) is 6.74. The molecular formula is C18H20IN. The van der Waals surface area contributed by atoms with Crippen molar-refractivity contribution in [1.29, 1.82) is 0 Å². The van der Waals surface area contributed by atoms with Gasteiger partial charge in [0.15, 0.2) is 0 Å². The second-order valence-corrected chi connectivity index (χ2v) is 7.72. The van der Waals surface area contributed by atoms with Crippen LogP contribution in [0.5, 0.6) is 0 Å². The maximum absolute atomic E-state index is 4.13. The lowest BCUT2D eigenvalue weighted by atomic mass is 9.97. The van der Waals surface area contributed by atoms with Crippen LogP contribution in [0.2, 0.25) is 0 Å². The van der Waals surface area contributed by atoms with Crippen LogP contribution in [-0.4, -0.2) is 16.7 Å². The fourth-order valence-electron chi connectivity index (χ4n) is 2.33. The maximum atomic E-state index is 4.13. The molecule has 20 heavy (non-hydrogen) atoms. The van der Waals surface area contributed by atoms with Crippen LogP contribution < -0.4 is 0 Å². The van der Waals surface area contributed by atoms with Crippen LogP contribution in [0.25, 0.3) is 16.8 Å². The number of halogens is 1. The lowest BCUT2D eigenvalue weighted by molar-refractivity contribution is 1.14. The van der Waals surface area contributed by atoms with Crippen molar-refractivity contribution < 1.29 is 0 Å². The van der Waals surface area contributed by atoms with Crippen LogP contribution in [0.4, 0.5) is 0 Å². The summed E-state index contributed by atoms with van der Waals surface area (Å²) in [6, 6.07) is 11.0. The maximum Gasteiger partial charge on any atom is 0.0722 e. The molecule has 104 valence electrons. The van der Waals surface area contributed by atoms with Crippen LogP contribution in [0.1, 0.15) is 23.6 Å². The van der Waals surface area contributed by atoms with Gasteiger partial charge in [0, 0.05) is 13.3 Å². The monoisotopic (exact) mass is 377 g/mol. The molecule has 0 radical (unpaired) electrons. The number of hydrogen-bond donors (Lipinski definition) is 0. The van der Waals surface area contributed by atoms with Gasteiger partial charge in [0.2, 0.25) is 0 Å². The third-order valence-corrected chi connectivity index (χ3v) is 4.03. The zero-order chi connectivity index (χ0) is 14.8. The Labute approximate surface area is 135 Å². The Morgan fingerprint density at radius 3 is 2.55 bits per heavy atom. The van der Waals surface area contributed by atoms with E-state index in [1.165, 1.54) is 27.5 Å². The highest BCUT2D eigenvalue weighted by Crippen LogP contribution is 2.27. The molecule has 0 aliphatic heterocycles. The zero-order valence-electron chi connectivity index (χ0n) is 12.4. The summed E-state index contributed by atoms with van der Waals surface area (Å²) in [5.74, 6) is 0. The molecule has 0 saturated carbocycles. The van der Waals surface area contributed by atoms with Gasteiger partial charge in [-0.25, -0.2) is 0 Å². The number of benzene rings is 2. The van der Waals surface area contributed by atoms with Crippen molar-refractivity contribution in [3.63, 3.8) is 0 Å². The van der Waals surface area contributed by atoms with Gasteiger partial charge in [-0.2, -0.15) is 0 Å². The summed E-state index contributed by atoms with van der Waals surface area (Å²) < 4.78 is -0.0507. The molecular weight excluding hydrogens is 357 g/mol. The Bertz CT molecular complexity index is 676. The number of hydrogen-bond acceptors (Lipinski definition) is 1. The van der Waals surface area contributed by atoms with Crippen molar-refractivity contribution >= 4 is 45.7 Å². The summed E-state index contributed by atoms with van der Waals surface area (Å²) in [5.41, 5.74) is 3.91. The van der Waals surface area contributed by atoms with Gasteiger partial charge < -0.3 is 0 Å². The van der Waals surface area contributed by atoms with E-state index in [0.29, 0.717) is 0 Å². The summed E-state index contributed by atoms with van der Waals surface area (Å²) in [4.78, 5) is 4.13. The van der Waals surface area contributed by atoms with Crippen molar-refractivity contribution in [3.8, 4) is 0 Å². The minimum absolute atomic E-state index is 0.0507. The van der Waals surface area contributed by atoms with Gasteiger partial charge in [-0.15, -0.1) is 0 Å². The summed E-state index contributed by atoms with van der Waals surface area (Å²) in [7, 11) is 1.82. The number of allylic oxidation sites excluding steroid dienone is 1. The third-order valence-electron chi connectivity index (χ3n) is 3.39. The van der Waals surface area contributed by atoms with Crippen molar-refractivity contribution in [3.05, 3.63) is 53.1 Å². The Morgan fingerprint density at radius 2 is 1.85 bits per heavy atom. The number of aryl methyl sites for hydroxylation is 2. The van der Waals surface area contributed by atoms with E-state index in [1.807, 2.05) is 13.3 Å². The Balaban J connectivity index is 2.56. The van der Waals surface area contributed by atoms with Gasteiger partial charge in [0.1, 0.15) is 0 Å². The summed E-state index contributed by atoms with van der Waals surface area (Å²) in [5, 5.41) is 2.61. The van der Waals surface area contributed by atoms with Crippen LogP contribution in [0.15, 0.2) is 41.4 Å². The molecule has 0 bridgehead atoms. The molecule has 2 aromatic rings. The van der Waals surface area contributed by atoms with Gasteiger partial charge in [0.05, 0.1) is 3.42 Å². The predicted octanol–water partition coefficient (Wildman–Crippen LogP) is 5.36. The lowest BCUT2D eigenvalue weighted by Crippen LogP contribution is -2.12. The molecule has 2 rings (SSSR count). The third kappa shape index (κ3) is 3.48. The average Bonchev–Trinajstić information content (AvgIpc) is 2.37. The van der Waals surface area contributed by atoms with E-state index in [4.69, 9.17) is 0 Å². The molecule has 0 aliphatic carbocycles. The van der Waals surface area contributed by atoms with Crippen LogP contribution in [-0.2, 0) is 0 Å². The first-order chi connectivity index (χ1) is 9.43. The molecule has 0 amide bonds. The fraction of sp³-hybridized carbons (Fsp3) is 0.278. The Hall–Kier alpha value is -1.16. The number of rotatable bonds is 3. The van der Waals surface area contributed by atoms with Crippen molar-refractivity contribution in [2.75, 3.05) is 7.05 Å². The highest BCUT2D eigenvalue weighted by Gasteiger charge is 2.12. The van der Waals surface area contributed by atoms with E-state index in [1.54, 1.807) is 0 Å². The van der Waals surface area contributed by atoms with E-state index >= 15 is 0 Å². The van der Waals surface area contributed by atoms with Crippen molar-refractivity contribution in [1.82, 2.24) is 0 Å². The highest BCUT2D eigenvalue weighted by atomic mass is 127. The standard InChI is InChI=1S/C18H20IN/c1-13-5-7-15-8-6-14(2)16(17(15)11-13)9-10-18(3,19)12-20-4/h5-12H,1-4H3/b10-9-,20-12-. The van der Waals surface area contributed by atoms with Gasteiger partial charge in [-0.05, 0) is 42.7 Å². The first kappa shape index (κ1) is 15.2. The van der Waals surface area contributed by atoms with Gasteiger partial charge in [0.25, 0.3) is 0 Å². The molecule has 0 fully saturated rings. The van der Waals surface area contributed by atoms with E-state index in [0.717, 1.165) is 0 Å². The number of alkyl halides is 1. The Kier molecular flexibility index (Phi) is 4.63. The molecule has 0 aromatic heterocycles. The molecule has 0 saturated heterocycles. The summed E-state index contributed by atoms with van der Waals surface area (Å²) >= 11 is 2.41. The van der Waals surface area contributed by atoms with E-state index in [-0.39, 0.29) is 3.42 Å². The lowest BCUT2D eigenvalue weighted by Gasteiger charge is -2.12. The number of nitrogens with zero attached hydrogens (tertiary/aromatic N) is 1. The van der Waals surface area contributed by atoms with Crippen molar-refractivity contribution in [2.24, 2.45) is 4.99 Å². The van der Waals surface area contributed by atoms with Crippen LogP contribution >= 0.6 is 22.6 Å². The fourth-order valence-corrected chi connectivity index (χ4v) is 2.79. The molecule has 2 aromatic carbocycles. The van der Waals surface area contributed by atoms with Crippen molar-refractivity contribution in [2.45, 2.75) is 24.2 Å². The smallest absolute Gasteiger partial charge is 0.0722 e. The van der Waals surface area contributed by atoms with E-state index in [2.05, 4.69) is 90.8 Å². The first-order valence-corrected chi connectivity index (χ1v) is 7.82. The van der Waals surface area contributed by atoms with Gasteiger partial charge in [-0.1, -0.05) is 70.6 Å². The SMILES string of the molecule is C/N=C\C(C)(I)/C=C\c1c(C)ccc2ccc(C)cc12. The summed E-state index contributed by atoms with van der Waals surface area (Å²) in [6.45, 7) is 6.46. The normalized spacial score (nSPS) is 15.2. The quantitative estimate of drug-likeness (QED) is 0.388. The number of fused-ring (bicyclic) bond motifs is 1. The van der Waals surface area contributed by atoms with Crippen LogP contribution in [0.3, 0.4) is 0 Å². The predicted molar refractivity (Wildman–Crippen MR) is 99.3 cm³/mol. The summed E-state index contributed by atoms with van der Waals surface area (Å²) in [6.07, 6.45) is 6.41. The molecule has 0 spiro atoms. The molecule has 0 N–H and O–H groups in total. The minimum atomic E-state index is -0.0507. The number of aliphatic imine (C=N–C) groups is 1.